The van der Waals surface area contributed by atoms with Crippen LogP contribution >= 0.6 is 0 Å². The van der Waals surface area contributed by atoms with E-state index in [-0.39, 0.29) is 5.92 Å². The summed E-state index contributed by atoms with van der Waals surface area (Å²) in [4.78, 5) is 37.9. The van der Waals surface area contributed by atoms with Crippen molar-refractivity contribution in [2.75, 3.05) is 6.61 Å². The van der Waals surface area contributed by atoms with Gasteiger partial charge in [0, 0.05) is 22.2 Å². The predicted molar refractivity (Wildman–Crippen MR) is 152 cm³/mol. The third kappa shape index (κ3) is 3.66. The van der Waals surface area contributed by atoms with Crippen molar-refractivity contribution in [3.8, 4) is 0 Å². The fraction of sp³-hybridized carbons (Fsp3) is 0.758. The summed E-state index contributed by atoms with van der Waals surface area (Å²) in [5.41, 5.74) is -2.16. The Bertz CT molecular complexity index is 1200. The molecule has 1 saturated heterocycles. The third-order valence-electron chi connectivity index (χ3n) is 12.7. The number of aliphatic hydroxyl groups is 2. The van der Waals surface area contributed by atoms with Crippen LogP contribution in [0.2, 0.25) is 0 Å². The van der Waals surface area contributed by atoms with E-state index in [1.54, 1.807) is 0 Å². The molecule has 8 nitrogen and oxygen atoms in total. The lowest BCUT2D eigenvalue weighted by Gasteiger charge is -2.72. The molecule has 2 bridgehead atoms. The molecule has 2 heterocycles. The topological polar surface area (TPSA) is 123 Å². The Balaban J connectivity index is 1.57. The van der Waals surface area contributed by atoms with Crippen LogP contribution in [0.25, 0.3) is 0 Å². The molecule has 41 heavy (non-hydrogen) atoms. The lowest BCUT2D eigenvalue weighted by Crippen LogP contribution is -2.76. The van der Waals surface area contributed by atoms with Crippen molar-refractivity contribution >= 4 is 11.9 Å². The van der Waals surface area contributed by atoms with Crippen LogP contribution in [0.15, 0.2) is 36.0 Å². The molecular weight excluding hydrogens is 524 g/mol. The fourth-order valence-corrected chi connectivity index (χ4v) is 9.79. The number of aliphatic carboxylic acids is 1. The lowest BCUT2D eigenvalue weighted by molar-refractivity contribution is -0.483. The molecule has 9 atom stereocenters. The number of ether oxygens (including phenoxy) is 1. The molecule has 0 radical (unpaired) electrons. The SMILES string of the molecule is C=C(CC[C@@H](C(=O)O)[C@H]1[C@H](O)C[C@@]2(C)[C@@]34C=C[C@]5(OO3)C(C)(C)[C@@H](OC(=O)CO)CC[C@]5(C)C4=CC[C@]12C)C(C)C. The van der Waals surface area contributed by atoms with E-state index in [4.69, 9.17) is 14.5 Å². The van der Waals surface area contributed by atoms with Crippen molar-refractivity contribution in [1.29, 1.82) is 0 Å². The van der Waals surface area contributed by atoms with Crippen molar-refractivity contribution in [1.82, 2.24) is 0 Å². The van der Waals surface area contributed by atoms with Gasteiger partial charge in [0.15, 0.2) is 0 Å². The Kier molecular flexibility index (Phi) is 7.06. The summed E-state index contributed by atoms with van der Waals surface area (Å²) >= 11 is 0. The first kappa shape index (κ1) is 30.5. The average molecular weight is 573 g/mol. The largest absolute Gasteiger partial charge is 0.481 e. The number of carboxylic acid groups (broad SMARTS) is 1. The minimum absolute atomic E-state index is 0.269. The van der Waals surface area contributed by atoms with E-state index in [1.807, 2.05) is 13.8 Å². The number of aliphatic hydroxyl groups excluding tert-OH is 2. The van der Waals surface area contributed by atoms with Crippen LogP contribution in [-0.4, -0.2) is 57.3 Å². The third-order valence-corrected chi connectivity index (χ3v) is 12.7. The number of allylic oxidation sites excluding steroid dienone is 2. The summed E-state index contributed by atoms with van der Waals surface area (Å²) in [5.74, 6) is -2.47. The van der Waals surface area contributed by atoms with Gasteiger partial charge in [-0.2, -0.15) is 0 Å². The van der Waals surface area contributed by atoms with E-state index in [9.17, 15) is 24.9 Å². The standard InChI is InChI=1S/C33H48O8/c1-19(2)20(3)9-10-21(27(37)38)26-22(35)17-31(8)30(26,7)13-11-23-29(6)14-12-24(39-25(36)18-34)28(4,5)33(29)16-15-32(23,31)40-41-33/h11,15-16,19,21-22,24,26,34-35H,3,9-10,12-14,17-18H2,1-2,4-8H3,(H,37,38)/t21-,22-,24+,26+,29-,30-,31-,32+,33+/m1/s1. The highest BCUT2D eigenvalue weighted by molar-refractivity contribution is 5.71. The fourth-order valence-electron chi connectivity index (χ4n) is 9.79. The highest BCUT2D eigenvalue weighted by Crippen LogP contribution is 2.77. The maximum atomic E-state index is 12.7. The first-order valence-corrected chi connectivity index (χ1v) is 15.2. The molecule has 6 aliphatic rings. The summed E-state index contributed by atoms with van der Waals surface area (Å²) in [6.45, 7) is 18.1. The lowest BCUT2D eigenvalue weighted by atomic mass is 9.39. The minimum Gasteiger partial charge on any atom is -0.481 e. The average Bonchev–Trinajstić information content (AvgIpc) is 3.11. The van der Waals surface area contributed by atoms with Gasteiger partial charge in [-0.05, 0) is 67.6 Å². The zero-order valence-corrected chi connectivity index (χ0v) is 25.7. The number of rotatable bonds is 8. The van der Waals surface area contributed by atoms with Crippen molar-refractivity contribution in [3.63, 3.8) is 0 Å². The molecule has 3 N–H and O–H groups in total. The number of carbonyl (C=O) groups excluding carboxylic acids is 1. The van der Waals surface area contributed by atoms with Gasteiger partial charge in [-0.3, -0.25) is 4.79 Å². The Morgan fingerprint density at radius 1 is 1.15 bits per heavy atom. The summed E-state index contributed by atoms with van der Waals surface area (Å²) in [6.07, 6.45) is 8.40. The first-order chi connectivity index (χ1) is 19.0. The summed E-state index contributed by atoms with van der Waals surface area (Å²) in [6, 6.07) is 0. The van der Waals surface area contributed by atoms with Gasteiger partial charge in [0.2, 0.25) is 0 Å². The number of hydrogen-bond acceptors (Lipinski definition) is 7. The highest BCUT2D eigenvalue weighted by atomic mass is 17.2. The Morgan fingerprint density at radius 2 is 1.83 bits per heavy atom. The van der Waals surface area contributed by atoms with E-state index in [0.717, 1.165) is 11.1 Å². The molecular formula is C33H48O8. The summed E-state index contributed by atoms with van der Waals surface area (Å²) in [7, 11) is 0. The molecule has 0 aromatic rings. The van der Waals surface area contributed by atoms with Gasteiger partial charge in [0.25, 0.3) is 0 Å². The van der Waals surface area contributed by atoms with Gasteiger partial charge >= 0.3 is 11.9 Å². The molecule has 4 aliphatic carbocycles. The molecule has 3 fully saturated rings. The van der Waals surface area contributed by atoms with E-state index in [0.29, 0.717) is 38.5 Å². The van der Waals surface area contributed by atoms with Crippen molar-refractivity contribution in [2.45, 2.75) is 110 Å². The highest BCUT2D eigenvalue weighted by Gasteiger charge is 2.80. The summed E-state index contributed by atoms with van der Waals surface area (Å²) < 4.78 is 5.69. The van der Waals surface area contributed by atoms with Gasteiger partial charge in [-0.15, -0.1) is 0 Å². The first-order valence-electron chi connectivity index (χ1n) is 15.2. The van der Waals surface area contributed by atoms with Gasteiger partial charge < -0.3 is 20.1 Å². The van der Waals surface area contributed by atoms with E-state index < -0.39 is 75.5 Å². The predicted octanol–water partition coefficient (Wildman–Crippen LogP) is 5.14. The molecule has 228 valence electrons. The van der Waals surface area contributed by atoms with Crippen LogP contribution in [0.4, 0.5) is 0 Å². The van der Waals surface area contributed by atoms with E-state index >= 15 is 0 Å². The molecule has 0 aromatic carbocycles. The second-order valence-electron chi connectivity index (χ2n) is 14.9. The number of esters is 1. The Labute approximate surface area is 243 Å². The normalized spacial score (nSPS) is 44.4. The van der Waals surface area contributed by atoms with Gasteiger partial charge in [-0.1, -0.05) is 66.7 Å². The van der Waals surface area contributed by atoms with Crippen LogP contribution in [0.1, 0.15) is 87.0 Å². The van der Waals surface area contributed by atoms with Crippen LogP contribution in [0.5, 0.6) is 0 Å². The molecule has 0 aromatic heterocycles. The molecule has 2 saturated carbocycles. The number of hydrogen-bond donors (Lipinski definition) is 3. The van der Waals surface area contributed by atoms with Gasteiger partial charge in [0.05, 0.1) is 12.0 Å². The number of carboxylic acids is 1. The van der Waals surface area contributed by atoms with Crippen LogP contribution in [0, 0.1) is 39.4 Å². The Morgan fingerprint density at radius 3 is 2.39 bits per heavy atom. The van der Waals surface area contributed by atoms with E-state index in [1.165, 1.54) is 0 Å². The molecule has 2 spiro atoms. The second-order valence-corrected chi connectivity index (χ2v) is 14.9. The smallest absolute Gasteiger partial charge is 0.332 e. The van der Waals surface area contributed by atoms with Crippen molar-refractivity contribution in [2.24, 2.45) is 39.4 Å². The second kappa shape index (κ2) is 9.50. The van der Waals surface area contributed by atoms with Crippen molar-refractivity contribution < 1.29 is 39.4 Å². The van der Waals surface area contributed by atoms with Crippen LogP contribution < -0.4 is 0 Å². The minimum atomic E-state index is -0.971. The van der Waals surface area contributed by atoms with Crippen LogP contribution in [0.3, 0.4) is 0 Å². The number of fused-ring (bicyclic) bond motifs is 2. The van der Waals surface area contributed by atoms with E-state index in [2.05, 4.69) is 59.4 Å². The molecule has 6 rings (SSSR count). The number of carbonyl (C=O) groups is 2. The molecule has 2 aliphatic heterocycles. The van der Waals surface area contributed by atoms with Gasteiger partial charge in [-0.25, -0.2) is 14.6 Å². The monoisotopic (exact) mass is 572 g/mol. The van der Waals surface area contributed by atoms with Crippen molar-refractivity contribution in [3.05, 3.63) is 36.0 Å². The Hall–Kier alpha value is -2.00. The maximum Gasteiger partial charge on any atom is 0.332 e. The van der Waals surface area contributed by atoms with Gasteiger partial charge in [0.1, 0.15) is 23.9 Å². The zero-order valence-electron chi connectivity index (χ0n) is 25.7. The zero-order chi connectivity index (χ0) is 30.4. The quantitative estimate of drug-likeness (QED) is 0.208. The summed E-state index contributed by atoms with van der Waals surface area (Å²) in [5, 5.41) is 31.4. The molecule has 0 unspecified atom stereocenters. The maximum absolute atomic E-state index is 12.7. The van der Waals surface area contributed by atoms with Crippen LogP contribution in [-0.2, 0) is 24.1 Å². The molecule has 0 amide bonds. The molecule has 8 heteroatoms.